The molecule has 0 saturated heterocycles. The molecular weight excluding hydrogens is 458 g/mol. The van der Waals surface area contributed by atoms with Gasteiger partial charge in [-0.3, -0.25) is 9.36 Å². The first kappa shape index (κ1) is 22.6. The number of nitrogens with zero attached hydrogens (tertiary/aromatic N) is 4. The molecule has 9 heteroatoms. The second kappa shape index (κ2) is 10.8. The van der Waals surface area contributed by atoms with E-state index in [4.69, 9.17) is 16.3 Å². The third-order valence-corrected chi connectivity index (χ3v) is 5.78. The Bertz CT molecular complexity index is 1240. The Labute approximate surface area is 200 Å². The number of aromatic nitrogens is 3. The van der Waals surface area contributed by atoms with E-state index in [2.05, 4.69) is 20.7 Å². The molecule has 0 aliphatic heterocycles. The largest absolute Gasteiger partial charge is 0.497 e. The van der Waals surface area contributed by atoms with E-state index in [0.717, 1.165) is 22.6 Å². The van der Waals surface area contributed by atoms with E-state index in [9.17, 15) is 4.79 Å². The van der Waals surface area contributed by atoms with Crippen LogP contribution in [0.25, 0.3) is 17.1 Å². The van der Waals surface area contributed by atoms with Crippen LogP contribution in [0.5, 0.6) is 5.75 Å². The predicted molar refractivity (Wildman–Crippen MR) is 131 cm³/mol. The van der Waals surface area contributed by atoms with Gasteiger partial charge in [-0.1, -0.05) is 53.7 Å². The van der Waals surface area contributed by atoms with Gasteiger partial charge in [-0.15, -0.1) is 10.2 Å². The van der Waals surface area contributed by atoms with Crippen molar-refractivity contribution in [3.63, 3.8) is 0 Å². The normalized spacial score (nSPS) is 11.0. The summed E-state index contributed by atoms with van der Waals surface area (Å²) in [5.41, 5.74) is 5.15. The lowest BCUT2D eigenvalue weighted by Gasteiger charge is -2.10. The number of para-hydroxylation sites is 1. The third kappa shape index (κ3) is 5.79. The molecule has 0 bridgehead atoms. The van der Waals surface area contributed by atoms with Gasteiger partial charge in [0.25, 0.3) is 5.91 Å². The van der Waals surface area contributed by atoms with Crippen LogP contribution in [0.15, 0.2) is 89.1 Å². The van der Waals surface area contributed by atoms with E-state index in [0.29, 0.717) is 16.0 Å². The molecule has 0 atom stereocenters. The smallest absolute Gasteiger partial charge is 0.250 e. The van der Waals surface area contributed by atoms with Crippen LogP contribution in [0.4, 0.5) is 0 Å². The summed E-state index contributed by atoms with van der Waals surface area (Å²) in [5.74, 6) is 1.31. The van der Waals surface area contributed by atoms with E-state index in [1.807, 2.05) is 71.3 Å². The molecule has 0 saturated carbocycles. The molecule has 1 amide bonds. The molecule has 1 heterocycles. The standard InChI is InChI=1S/C24H20ClN5O2S/c1-32-21-13-9-18(10-14-21)23-28-29-24(30(23)20-5-3-2-4-6-20)33-16-22(31)27-26-15-17-7-11-19(25)12-8-17/h2-15H,16H2,1H3,(H,27,31)/b26-15-. The number of nitrogens with one attached hydrogen (secondary N) is 1. The van der Waals surface area contributed by atoms with E-state index in [1.165, 1.54) is 11.8 Å². The Balaban J connectivity index is 1.49. The van der Waals surface area contributed by atoms with Crippen molar-refractivity contribution in [3.05, 3.63) is 89.4 Å². The number of carbonyl (C=O) groups excluding carboxylic acids is 1. The van der Waals surface area contributed by atoms with Crippen LogP contribution in [0.3, 0.4) is 0 Å². The van der Waals surface area contributed by atoms with Crippen molar-refractivity contribution >= 4 is 35.5 Å². The molecule has 3 aromatic carbocycles. The fourth-order valence-corrected chi connectivity index (χ4v) is 3.86. The van der Waals surface area contributed by atoms with Gasteiger partial charge >= 0.3 is 0 Å². The minimum Gasteiger partial charge on any atom is -0.497 e. The number of hydrazone groups is 1. The molecule has 1 aromatic heterocycles. The monoisotopic (exact) mass is 477 g/mol. The number of hydrogen-bond donors (Lipinski definition) is 1. The molecule has 0 aliphatic carbocycles. The van der Waals surface area contributed by atoms with Crippen LogP contribution < -0.4 is 10.2 Å². The van der Waals surface area contributed by atoms with Gasteiger partial charge in [-0.2, -0.15) is 5.10 Å². The quantitative estimate of drug-likeness (QED) is 0.223. The second-order valence-corrected chi connectivity index (χ2v) is 8.22. The summed E-state index contributed by atoms with van der Waals surface area (Å²) in [6, 6.07) is 24.5. The average Bonchev–Trinajstić information content (AvgIpc) is 3.28. The zero-order chi connectivity index (χ0) is 23.0. The van der Waals surface area contributed by atoms with Crippen molar-refractivity contribution in [2.45, 2.75) is 5.16 Å². The highest BCUT2D eigenvalue weighted by atomic mass is 35.5. The highest BCUT2D eigenvalue weighted by Crippen LogP contribution is 2.28. The fraction of sp³-hybridized carbons (Fsp3) is 0.0833. The van der Waals surface area contributed by atoms with Crippen molar-refractivity contribution < 1.29 is 9.53 Å². The van der Waals surface area contributed by atoms with Gasteiger partial charge in [-0.25, -0.2) is 5.43 Å². The van der Waals surface area contributed by atoms with Gasteiger partial charge in [-0.05, 0) is 54.1 Å². The maximum atomic E-state index is 12.3. The minimum atomic E-state index is -0.251. The van der Waals surface area contributed by atoms with Crippen molar-refractivity contribution in [3.8, 4) is 22.8 Å². The van der Waals surface area contributed by atoms with Crippen LogP contribution in [0.1, 0.15) is 5.56 Å². The highest BCUT2D eigenvalue weighted by molar-refractivity contribution is 7.99. The molecule has 166 valence electrons. The predicted octanol–water partition coefficient (Wildman–Crippen LogP) is 4.84. The molecule has 1 N–H and O–H groups in total. The van der Waals surface area contributed by atoms with Crippen LogP contribution in [0, 0.1) is 0 Å². The van der Waals surface area contributed by atoms with Crippen molar-refractivity contribution in [1.29, 1.82) is 0 Å². The van der Waals surface area contributed by atoms with E-state index in [-0.39, 0.29) is 11.7 Å². The molecular formula is C24H20ClN5O2S. The number of ether oxygens (including phenoxy) is 1. The van der Waals surface area contributed by atoms with Crippen LogP contribution >= 0.6 is 23.4 Å². The van der Waals surface area contributed by atoms with Crippen LogP contribution in [-0.4, -0.2) is 39.7 Å². The number of halogens is 1. The third-order valence-electron chi connectivity index (χ3n) is 4.60. The first-order chi connectivity index (χ1) is 16.1. The average molecular weight is 478 g/mol. The summed E-state index contributed by atoms with van der Waals surface area (Å²) < 4.78 is 7.17. The zero-order valence-electron chi connectivity index (χ0n) is 17.7. The van der Waals surface area contributed by atoms with Crippen molar-refractivity contribution in [2.75, 3.05) is 12.9 Å². The Hall–Kier alpha value is -3.62. The minimum absolute atomic E-state index is 0.130. The number of methoxy groups -OCH3 is 1. The molecule has 33 heavy (non-hydrogen) atoms. The van der Waals surface area contributed by atoms with E-state index in [1.54, 1.807) is 25.5 Å². The van der Waals surface area contributed by atoms with Crippen LogP contribution in [-0.2, 0) is 4.79 Å². The topological polar surface area (TPSA) is 81.4 Å². The van der Waals surface area contributed by atoms with Gasteiger partial charge in [0.1, 0.15) is 5.75 Å². The summed E-state index contributed by atoms with van der Waals surface area (Å²) in [6.07, 6.45) is 1.56. The lowest BCUT2D eigenvalue weighted by atomic mass is 10.2. The summed E-state index contributed by atoms with van der Waals surface area (Å²) in [5, 5.41) is 14.0. The van der Waals surface area contributed by atoms with Gasteiger partial charge in [0.05, 0.1) is 19.1 Å². The first-order valence-electron chi connectivity index (χ1n) is 9.99. The number of carbonyl (C=O) groups is 1. The molecule has 0 fully saturated rings. The summed E-state index contributed by atoms with van der Waals surface area (Å²) >= 11 is 7.15. The van der Waals surface area contributed by atoms with E-state index < -0.39 is 0 Å². The number of hydrogen-bond acceptors (Lipinski definition) is 6. The molecule has 0 spiro atoms. The Kier molecular flexibility index (Phi) is 7.39. The van der Waals surface area contributed by atoms with Crippen molar-refractivity contribution in [1.82, 2.24) is 20.2 Å². The Morgan fingerprint density at radius 1 is 1.06 bits per heavy atom. The molecule has 0 unspecified atom stereocenters. The number of rotatable bonds is 8. The second-order valence-electron chi connectivity index (χ2n) is 6.84. The SMILES string of the molecule is COc1ccc(-c2nnc(SCC(=O)N/N=C\c3ccc(Cl)cc3)n2-c2ccccc2)cc1. The van der Waals surface area contributed by atoms with Crippen LogP contribution in [0.2, 0.25) is 5.02 Å². The molecule has 0 aliphatic rings. The molecule has 7 nitrogen and oxygen atoms in total. The number of amides is 1. The Morgan fingerprint density at radius 2 is 1.79 bits per heavy atom. The number of benzene rings is 3. The highest BCUT2D eigenvalue weighted by Gasteiger charge is 2.17. The lowest BCUT2D eigenvalue weighted by Crippen LogP contribution is -2.20. The van der Waals surface area contributed by atoms with Gasteiger partial charge in [0.2, 0.25) is 0 Å². The molecule has 4 rings (SSSR count). The maximum absolute atomic E-state index is 12.3. The van der Waals surface area contributed by atoms with Gasteiger partial charge in [0, 0.05) is 16.3 Å². The zero-order valence-corrected chi connectivity index (χ0v) is 19.3. The summed E-state index contributed by atoms with van der Waals surface area (Å²) in [7, 11) is 1.63. The lowest BCUT2D eigenvalue weighted by molar-refractivity contribution is -0.118. The molecule has 4 aromatic rings. The van der Waals surface area contributed by atoms with Crippen molar-refractivity contribution in [2.24, 2.45) is 5.10 Å². The van der Waals surface area contributed by atoms with Gasteiger partial charge in [0.15, 0.2) is 11.0 Å². The fourth-order valence-electron chi connectivity index (χ4n) is 2.99. The number of thioether (sulfide) groups is 1. The Morgan fingerprint density at radius 3 is 2.48 bits per heavy atom. The first-order valence-corrected chi connectivity index (χ1v) is 11.4. The maximum Gasteiger partial charge on any atom is 0.250 e. The summed E-state index contributed by atoms with van der Waals surface area (Å²) in [6.45, 7) is 0. The van der Waals surface area contributed by atoms with Gasteiger partial charge < -0.3 is 4.74 Å². The molecule has 0 radical (unpaired) electrons. The van der Waals surface area contributed by atoms with E-state index >= 15 is 0 Å². The summed E-state index contributed by atoms with van der Waals surface area (Å²) in [4.78, 5) is 12.3.